The van der Waals surface area contributed by atoms with E-state index in [2.05, 4.69) is 79.7 Å². The predicted octanol–water partition coefficient (Wildman–Crippen LogP) is 6.70. The Hall–Kier alpha value is -3.32. The summed E-state index contributed by atoms with van der Waals surface area (Å²) in [6.07, 6.45) is 0. The summed E-state index contributed by atoms with van der Waals surface area (Å²) in [5.41, 5.74) is 8.17. The van der Waals surface area contributed by atoms with E-state index in [1.165, 1.54) is 27.8 Å². The molecule has 0 spiro atoms. The molecule has 0 aliphatic heterocycles. The fourth-order valence-corrected chi connectivity index (χ4v) is 3.19. The molecule has 0 radical (unpaired) electrons. The van der Waals surface area contributed by atoms with E-state index in [1.54, 1.807) is 12.1 Å². The van der Waals surface area contributed by atoms with Gasteiger partial charge in [-0.05, 0) is 64.6 Å². The molecule has 0 saturated carbocycles. The molecular weight excluding hydrogens is 316 g/mol. The summed E-state index contributed by atoms with van der Waals surface area (Å²) >= 11 is 0. The van der Waals surface area contributed by atoms with Crippen molar-refractivity contribution in [2.45, 2.75) is 6.92 Å². The second-order valence-corrected chi connectivity index (χ2v) is 6.58. The second kappa shape index (κ2) is 6.89. The topological polar surface area (TPSA) is 20.2 Å². The zero-order valence-electron chi connectivity index (χ0n) is 14.7. The van der Waals surface area contributed by atoms with Gasteiger partial charge in [0.25, 0.3) is 0 Å². The molecule has 0 atom stereocenters. The van der Waals surface area contributed by atoms with Crippen molar-refractivity contribution in [2.75, 3.05) is 0 Å². The highest BCUT2D eigenvalue weighted by Gasteiger charge is 2.04. The Bertz CT molecular complexity index is 1050. The van der Waals surface area contributed by atoms with Gasteiger partial charge in [-0.1, -0.05) is 78.4 Å². The Morgan fingerprint density at radius 1 is 0.462 bits per heavy atom. The number of phenols is 1. The minimum atomic E-state index is 0.286. The van der Waals surface area contributed by atoms with E-state index in [0.717, 1.165) is 11.1 Å². The van der Waals surface area contributed by atoms with Crippen LogP contribution in [0, 0.1) is 6.92 Å². The number of rotatable bonds is 3. The van der Waals surface area contributed by atoms with Crippen molar-refractivity contribution in [2.24, 2.45) is 0 Å². The Labute approximate surface area is 154 Å². The summed E-state index contributed by atoms with van der Waals surface area (Å²) in [7, 11) is 0. The number of hydrogen-bond donors (Lipinski definition) is 1. The van der Waals surface area contributed by atoms with Gasteiger partial charge in [-0.3, -0.25) is 0 Å². The highest BCUT2D eigenvalue weighted by atomic mass is 16.3. The van der Waals surface area contributed by atoms with Crippen molar-refractivity contribution in [1.82, 2.24) is 0 Å². The van der Waals surface area contributed by atoms with Crippen LogP contribution in [0.3, 0.4) is 0 Å². The molecule has 126 valence electrons. The molecular formula is C25H20O. The fourth-order valence-electron chi connectivity index (χ4n) is 3.19. The summed E-state index contributed by atoms with van der Waals surface area (Å²) in [6, 6.07) is 33.0. The van der Waals surface area contributed by atoms with Gasteiger partial charge < -0.3 is 5.11 Å². The van der Waals surface area contributed by atoms with E-state index in [0.29, 0.717) is 0 Å². The lowest BCUT2D eigenvalue weighted by molar-refractivity contribution is 0.475. The number of hydrogen-bond acceptors (Lipinski definition) is 1. The summed E-state index contributed by atoms with van der Waals surface area (Å²) in [6.45, 7) is 2.10. The lowest BCUT2D eigenvalue weighted by Gasteiger charge is -2.09. The van der Waals surface area contributed by atoms with E-state index < -0.39 is 0 Å². The van der Waals surface area contributed by atoms with E-state index in [4.69, 9.17) is 0 Å². The fraction of sp³-hybridized carbons (Fsp3) is 0.0400. The lowest BCUT2D eigenvalue weighted by atomic mass is 9.96. The quantitative estimate of drug-likeness (QED) is 0.441. The van der Waals surface area contributed by atoms with Crippen LogP contribution in [0.2, 0.25) is 0 Å². The predicted molar refractivity (Wildman–Crippen MR) is 109 cm³/mol. The van der Waals surface area contributed by atoms with Crippen LogP contribution in [-0.2, 0) is 0 Å². The number of aryl methyl sites for hydroxylation is 1. The largest absolute Gasteiger partial charge is 0.508 e. The first-order chi connectivity index (χ1) is 12.7. The monoisotopic (exact) mass is 336 g/mol. The molecule has 0 aliphatic carbocycles. The zero-order valence-corrected chi connectivity index (χ0v) is 14.7. The molecule has 1 nitrogen and oxygen atoms in total. The Morgan fingerprint density at radius 2 is 0.885 bits per heavy atom. The summed E-state index contributed by atoms with van der Waals surface area (Å²) in [5, 5.41) is 9.74. The third-order valence-electron chi connectivity index (χ3n) is 4.62. The normalized spacial score (nSPS) is 10.7. The summed E-state index contributed by atoms with van der Waals surface area (Å²) < 4.78 is 0. The molecule has 0 bridgehead atoms. The van der Waals surface area contributed by atoms with Gasteiger partial charge in [0.05, 0.1) is 0 Å². The van der Waals surface area contributed by atoms with E-state index in [9.17, 15) is 5.11 Å². The van der Waals surface area contributed by atoms with Crippen molar-refractivity contribution < 1.29 is 5.11 Å². The van der Waals surface area contributed by atoms with Crippen LogP contribution in [0.1, 0.15) is 5.56 Å². The number of benzene rings is 4. The van der Waals surface area contributed by atoms with Crippen molar-refractivity contribution in [3.63, 3.8) is 0 Å². The highest BCUT2D eigenvalue weighted by Crippen LogP contribution is 2.30. The molecule has 1 N–H and O–H groups in total. The van der Waals surface area contributed by atoms with Gasteiger partial charge in [-0.25, -0.2) is 0 Å². The molecule has 1 heteroatoms. The van der Waals surface area contributed by atoms with Crippen molar-refractivity contribution >= 4 is 0 Å². The Morgan fingerprint density at radius 3 is 1.38 bits per heavy atom. The molecule has 0 unspecified atom stereocenters. The SMILES string of the molecule is Cc1ccc(-c2cccc(-c3cccc(-c4cccc(O)c4)c3)c2)cc1. The van der Waals surface area contributed by atoms with Gasteiger partial charge in [0.15, 0.2) is 0 Å². The third-order valence-corrected chi connectivity index (χ3v) is 4.62. The van der Waals surface area contributed by atoms with Gasteiger partial charge in [0, 0.05) is 0 Å². The average molecular weight is 336 g/mol. The molecule has 0 heterocycles. The van der Waals surface area contributed by atoms with Crippen molar-refractivity contribution in [3.8, 4) is 39.1 Å². The van der Waals surface area contributed by atoms with Crippen LogP contribution in [0.25, 0.3) is 33.4 Å². The van der Waals surface area contributed by atoms with Gasteiger partial charge in [-0.2, -0.15) is 0 Å². The van der Waals surface area contributed by atoms with Crippen molar-refractivity contribution in [1.29, 1.82) is 0 Å². The smallest absolute Gasteiger partial charge is 0.116 e. The van der Waals surface area contributed by atoms with Crippen LogP contribution >= 0.6 is 0 Å². The Balaban J connectivity index is 1.73. The molecule has 4 aromatic carbocycles. The average Bonchev–Trinajstić information content (AvgIpc) is 2.69. The standard InChI is InChI=1S/C25H20O/c1-18-11-13-19(14-12-18)20-5-2-6-21(15-20)22-7-3-8-23(16-22)24-9-4-10-25(26)17-24/h2-17,26H,1H3. The van der Waals surface area contributed by atoms with E-state index >= 15 is 0 Å². The Kier molecular flexibility index (Phi) is 4.28. The highest BCUT2D eigenvalue weighted by molar-refractivity contribution is 5.77. The van der Waals surface area contributed by atoms with Crippen LogP contribution in [0.15, 0.2) is 97.1 Å². The molecule has 4 aromatic rings. The second-order valence-electron chi connectivity index (χ2n) is 6.58. The molecule has 0 amide bonds. The molecule has 0 aliphatic rings. The maximum Gasteiger partial charge on any atom is 0.116 e. The minimum Gasteiger partial charge on any atom is -0.508 e. The summed E-state index contributed by atoms with van der Waals surface area (Å²) in [4.78, 5) is 0. The first-order valence-corrected chi connectivity index (χ1v) is 8.76. The molecule has 4 rings (SSSR count). The van der Waals surface area contributed by atoms with Gasteiger partial charge in [0.1, 0.15) is 5.75 Å². The van der Waals surface area contributed by atoms with Gasteiger partial charge in [0.2, 0.25) is 0 Å². The van der Waals surface area contributed by atoms with Crippen LogP contribution in [0.5, 0.6) is 5.75 Å². The molecule has 0 fully saturated rings. The maximum absolute atomic E-state index is 9.74. The first-order valence-electron chi connectivity index (χ1n) is 8.76. The van der Waals surface area contributed by atoms with Crippen LogP contribution in [-0.4, -0.2) is 5.11 Å². The molecule has 0 saturated heterocycles. The first kappa shape index (κ1) is 16.2. The molecule has 26 heavy (non-hydrogen) atoms. The summed E-state index contributed by atoms with van der Waals surface area (Å²) in [5.74, 6) is 0.286. The minimum absolute atomic E-state index is 0.286. The number of aromatic hydroxyl groups is 1. The van der Waals surface area contributed by atoms with Crippen molar-refractivity contribution in [3.05, 3.63) is 103 Å². The number of phenolic OH excluding ortho intramolecular Hbond substituents is 1. The van der Waals surface area contributed by atoms with Crippen LogP contribution < -0.4 is 0 Å². The van der Waals surface area contributed by atoms with Gasteiger partial charge >= 0.3 is 0 Å². The lowest BCUT2D eigenvalue weighted by Crippen LogP contribution is -1.84. The van der Waals surface area contributed by atoms with Crippen LogP contribution in [0.4, 0.5) is 0 Å². The maximum atomic E-state index is 9.74. The third kappa shape index (κ3) is 3.38. The van der Waals surface area contributed by atoms with Gasteiger partial charge in [-0.15, -0.1) is 0 Å². The van der Waals surface area contributed by atoms with E-state index in [-0.39, 0.29) is 5.75 Å². The molecule has 0 aromatic heterocycles. The van der Waals surface area contributed by atoms with E-state index in [1.807, 2.05) is 12.1 Å². The zero-order chi connectivity index (χ0) is 17.9.